The van der Waals surface area contributed by atoms with Crippen LogP contribution in [0.4, 0.5) is 23.7 Å². The number of urea groups is 1. The molecule has 11 nitrogen and oxygen atoms in total. The number of nitriles is 1. The van der Waals surface area contributed by atoms with Crippen molar-refractivity contribution in [1.82, 2.24) is 34.5 Å². The predicted octanol–water partition coefficient (Wildman–Crippen LogP) is 4.02. The first-order chi connectivity index (χ1) is 18.8. The monoisotopic (exact) mass is 539 g/mol. The maximum atomic E-state index is 12.7. The van der Waals surface area contributed by atoms with Gasteiger partial charge in [-0.25, -0.2) is 14.8 Å². The third-order valence-corrected chi connectivity index (χ3v) is 6.41. The molecular formula is C25H24F3N9O2. The number of hydrogen-bond acceptors (Lipinski definition) is 7. The van der Waals surface area contributed by atoms with E-state index in [1.807, 2.05) is 12.3 Å². The molecular weight excluding hydrogens is 515 g/mol. The van der Waals surface area contributed by atoms with Crippen molar-refractivity contribution < 1.29 is 22.7 Å². The Kier molecular flexibility index (Phi) is 7.33. The zero-order valence-electron chi connectivity index (χ0n) is 20.6. The number of para-hydroxylation sites is 2. The van der Waals surface area contributed by atoms with Crippen LogP contribution in [0.3, 0.4) is 0 Å². The van der Waals surface area contributed by atoms with Crippen molar-refractivity contribution in [3.63, 3.8) is 0 Å². The van der Waals surface area contributed by atoms with Crippen molar-refractivity contribution in [2.24, 2.45) is 0 Å². The van der Waals surface area contributed by atoms with Crippen molar-refractivity contribution in [1.29, 1.82) is 5.26 Å². The number of nitrogens with one attached hydrogen (secondary N) is 2. The summed E-state index contributed by atoms with van der Waals surface area (Å²) in [5.41, 5.74) is 2.21. The third kappa shape index (κ3) is 6.10. The number of fused-ring (bicyclic) bond motifs is 1. The van der Waals surface area contributed by atoms with Gasteiger partial charge in [0.15, 0.2) is 5.75 Å². The number of carbonyl (C=O) groups is 1. The summed E-state index contributed by atoms with van der Waals surface area (Å²) in [5.74, 6) is -0.478. The number of carbonyl (C=O) groups excluding carboxylic acids is 1. The van der Waals surface area contributed by atoms with Crippen LogP contribution in [0.2, 0.25) is 0 Å². The number of benzene rings is 1. The van der Waals surface area contributed by atoms with Crippen LogP contribution in [0, 0.1) is 11.3 Å². The Bertz CT molecular complexity index is 1490. The lowest BCUT2D eigenvalue weighted by Crippen LogP contribution is -2.51. The lowest BCUT2D eigenvalue weighted by atomic mass is 10.1. The smallest absolute Gasteiger partial charge is 0.404 e. The fourth-order valence-electron chi connectivity index (χ4n) is 4.52. The van der Waals surface area contributed by atoms with Crippen LogP contribution in [0.5, 0.6) is 5.75 Å². The molecule has 4 aromatic rings. The lowest BCUT2D eigenvalue weighted by molar-refractivity contribution is -0.274. The number of alkyl halides is 3. The molecule has 14 heteroatoms. The minimum Gasteiger partial charge on any atom is -0.404 e. The van der Waals surface area contributed by atoms with Crippen molar-refractivity contribution >= 4 is 22.8 Å². The number of rotatable bonds is 7. The average molecular weight is 540 g/mol. The fourth-order valence-corrected chi connectivity index (χ4v) is 4.52. The van der Waals surface area contributed by atoms with E-state index >= 15 is 0 Å². The highest BCUT2D eigenvalue weighted by Gasteiger charge is 2.32. The van der Waals surface area contributed by atoms with Gasteiger partial charge in [-0.3, -0.25) is 9.58 Å². The molecule has 2 N–H and O–H groups in total. The molecule has 1 aromatic carbocycles. The van der Waals surface area contributed by atoms with Gasteiger partial charge in [0.25, 0.3) is 0 Å². The summed E-state index contributed by atoms with van der Waals surface area (Å²) in [6, 6.07) is 8.78. The Morgan fingerprint density at radius 3 is 2.74 bits per heavy atom. The number of halogens is 3. The van der Waals surface area contributed by atoms with Crippen LogP contribution in [-0.4, -0.2) is 79.6 Å². The van der Waals surface area contributed by atoms with E-state index in [0.717, 1.165) is 28.4 Å². The van der Waals surface area contributed by atoms with Crippen LogP contribution in [0.25, 0.3) is 22.3 Å². The molecule has 3 aromatic heterocycles. The Hall–Kier alpha value is -4.64. The Labute approximate surface area is 220 Å². The quantitative estimate of drug-likeness (QED) is 0.363. The first-order valence-electron chi connectivity index (χ1n) is 12.1. The number of hydrogen-bond donors (Lipinski definition) is 2. The van der Waals surface area contributed by atoms with E-state index in [-0.39, 0.29) is 18.2 Å². The van der Waals surface area contributed by atoms with Crippen LogP contribution < -0.4 is 10.1 Å². The molecule has 1 unspecified atom stereocenters. The van der Waals surface area contributed by atoms with Crippen LogP contribution in [0.1, 0.15) is 12.5 Å². The summed E-state index contributed by atoms with van der Waals surface area (Å²) in [5, 5.41) is 17.3. The van der Waals surface area contributed by atoms with Gasteiger partial charge in [0.05, 0.1) is 36.1 Å². The maximum absolute atomic E-state index is 12.7. The van der Waals surface area contributed by atoms with Gasteiger partial charge in [-0.05, 0) is 18.2 Å². The van der Waals surface area contributed by atoms with Gasteiger partial charge >= 0.3 is 12.4 Å². The summed E-state index contributed by atoms with van der Waals surface area (Å²) in [6.45, 7) is 2.32. The molecule has 0 radical (unpaired) electrons. The second-order valence-corrected chi connectivity index (χ2v) is 8.95. The lowest BCUT2D eigenvalue weighted by Gasteiger charge is -2.36. The molecule has 1 fully saturated rings. The molecule has 4 heterocycles. The summed E-state index contributed by atoms with van der Waals surface area (Å²) in [6.07, 6.45) is 2.21. The zero-order valence-corrected chi connectivity index (χ0v) is 20.6. The number of amides is 2. The third-order valence-electron chi connectivity index (χ3n) is 6.41. The molecule has 1 atom stereocenters. The topological polar surface area (TPSA) is 128 Å². The zero-order chi connectivity index (χ0) is 27.4. The van der Waals surface area contributed by atoms with E-state index in [4.69, 9.17) is 0 Å². The number of anilines is 1. The molecule has 0 saturated carbocycles. The minimum absolute atomic E-state index is 0.0635. The van der Waals surface area contributed by atoms with Crippen LogP contribution >= 0.6 is 0 Å². The molecule has 1 saturated heterocycles. The largest absolute Gasteiger partial charge is 0.573 e. The van der Waals surface area contributed by atoms with E-state index in [1.54, 1.807) is 17.1 Å². The summed E-state index contributed by atoms with van der Waals surface area (Å²) in [4.78, 5) is 28.1. The highest BCUT2D eigenvalue weighted by Crippen LogP contribution is 2.30. The van der Waals surface area contributed by atoms with Gasteiger partial charge < -0.3 is 19.9 Å². The molecule has 0 bridgehead atoms. The highest BCUT2D eigenvalue weighted by atomic mass is 19.4. The van der Waals surface area contributed by atoms with Gasteiger partial charge in [-0.15, -0.1) is 13.2 Å². The molecule has 202 valence electrons. The van der Waals surface area contributed by atoms with Gasteiger partial charge in [-0.1, -0.05) is 12.1 Å². The number of H-pyrrole nitrogens is 1. The Balaban J connectivity index is 1.20. The highest BCUT2D eigenvalue weighted by molar-refractivity contribution is 5.91. The van der Waals surface area contributed by atoms with Gasteiger partial charge in [0, 0.05) is 56.1 Å². The number of piperazine rings is 1. The van der Waals surface area contributed by atoms with Gasteiger partial charge in [0.2, 0.25) is 0 Å². The SMILES string of the molecule is N#CCC(CN1CCN(C(=O)Nc2ccccc2OC(F)(F)F)CC1)n1cc(-c2ncnc3[nH]ccc23)cn1. The molecule has 39 heavy (non-hydrogen) atoms. The predicted molar refractivity (Wildman–Crippen MR) is 135 cm³/mol. The van der Waals surface area contributed by atoms with Crippen molar-refractivity contribution in [3.05, 3.63) is 55.2 Å². The van der Waals surface area contributed by atoms with Crippen LogP contribution in [-0.2, 0) is 0 Å². The van der Waals surface area contributed by atoms with Crippen LogP contribution in [0.15, 0.2) is 55.2 Å². The molecule has 0 aliphatic carbocycles. The number of aromatic amines is 1. The average Bonchev–Trinajstić information content (AvgIpc) is 3.59. The number of aromatic nitrogens is 5. The van der Waals surface area contributed by atoms with Crippen molar-refractivity contribution in [2.45, 2.75) is 18.8 Å². The molecule has 2 amide bonds. The molecule has 1 aliphatic rings. The van der Waals surface area contributed by atoms with E-state index in [1.165, 1.54) is 29.4 Å². The summed E-state index contributed by atoms with van der Waals surface area (Å²) < 4.78 is 43.8. The van der Waals surface area contributed by atoms with Crippen molar-refractivity contribution in [3.8, 4) is 23.1 Å². The van der Waals surface area contributed by atoms with E-state index in [9.17, 15) is 23.2 Å². The second kappa shape index (κ2) is 11.0. The summed E-state index contributed by atoms with van der Waals surface area (Å²) in [7, 11) is 0. The second-order valence-electron chi connectivity index (χ2n) is 8.95. The standard InChI is InChI=1S/C25H24F3N9O2/c26-25(27,28)39-21-4-2-1-3-20(21)34-24(38)36-11-9-35(10-12-36)15-18(5-7-29)37-14-17(13-33-37)22-19-6-8-30-23(19)32-16-31-22/h1-4,6,8,13-14,16,18H,5,9-12,15H2,(H,34,38)(H,30,31,32). The molecule has 5 rings (SSSR count). The van der Waals surface area contributed by atoms with E-state index < -0.39 is 18.1 Å². The molecule has 0 spiro atoms. The summed E-state index contributed by atoms with van der Waals surface area (Å²) >= 11 is 0. The van der Waals surface area contributed by atoms with Gasteiger partial charge in [-0.2, -0.15) is 10.4 Å². The minimum atomic E-state index is -4.87. The van der Waals surface area contributed by atoms with E-state index in [2.05, 4.69) is 41.1 Å². The first-order valence-corrected chi connectivity index (χ1v) is 12.1. The fraction of sp³-hybridized carbons (Fsp3) is 0.320. The normalized spacial score (nSPS) is 15.2. The number of nitrogens with zero attached hydrogens (tertiary/aromatic N) is 7. The van der Waals surface area contributed by atoms with E-state index in [0.29, 0.717) is 32.7 Å². The number of ether oxygens (including phenoxy) is 1. The molecule has 1 aliphatic heterocycles. The van der Waals surface area contributed by atoms with Gasteiger partial charge in [0.1, 0.15) is 12.0 Å². The Morgan fingerprint density at radius 2 is 1.97 bits per heavy atom. The first kappa shape index (κ1) is 26.0. The maximum Gasteiger partial charge on any atom is 0.573 e. The Morgan fingerprint density at radius 1 is 1.18 bits per heavy atom. The van der Waals surface area contributed by atoms with Crippen molar-refractivity contribution in [2.75, 3.05) is 38.0 Å².